The van der Waals surface area contributed by atoms with Gasteiger partial charge in [-0.3, -0.25) is 9.59 Å². The molecule has 7 rings (SSSR count). The summed E-state index contributed by atoms with van der Waals surface area (Å²) < 4.78 is 14.9. The third-order valence-corrected chi connectivity index (χ3v) is 11.1. The Kier molecular flexibility index (Phi) is 14.0. The molecule has 5 aromatic carbocycles. The van der Waals surface area contributed by atoms with Gasteiger partial charge in [-0.25, -0.2) is 0 Å². The molecular formula is C45H47N7O6S. The molecule has 14 heteroatoms. The Hall–Kier alpha value is -6.06. The lowest BCUT2D eigenvalue weighted by molar-refractivity contribution is -0.245. The molecule has 1 fully saturated rings. The average molecular weight is 814 g/mol. The number of ether oxygens (including phenoxy) is 2. The van der Waals surface area contributed by atoms with Crippen LogP contribution in [0.1, 0.15) is 73.2 Å². The van der Waals surface area contributed by atoms with E-state index in [1.54, 1.807) is 41.1 Å². The topological polar surface area (TPSA) is 187 Å². The number of amides is 2. The number of phenols is 1. The number of phenolic OH excluding ortho intramolecular Hbond substituents is 1. The zero-order valence-electron chi connectivity index (χ0n) is 32.4. The van der Waals surface area contributed by atoms with Gasteiger partial charge < -0.3 is 36.1 Å². The molecule has 1 aromatic heterocycles. The largest absolute Gasteiger partial charge is 0.508 e. The molecule has 0 aliphatic carbocycles. The van der Waals surface area contributed by atoms with Crippen LogP contribution in [0.15, 0.2) is 126 Å². The van der Waals surface area contributed by atoms with Gasteiger partial charge in [0, 0.05) is 37.1 Å². The minimum atomic E-state index is -0.663. The van der Waals surface area contributed by atoms with Crippen LogP contribution in [0.2, 0.25) is 0 Å². The number of benzene rings is 5. The second-order valence-corrected chi connectivity index (χ2v) is 15.3. The Morgan fingerprint density at radius 2 is 1.54 bits per heavy atom. The fourth-order valence-corrected chi connectivity index (χ4v) is 7.71. The predicted octanol–water partition coefficient (Wildman–Crippen LogP) is 7.65. The number of unbranched alkanes of at least 4 members (excludes halogenated alkanes) is 2. The lowest BCUT2D eigenvalue weighted by Gasteiger charge is -2.36. The number of rotatable bonds is 17. The number of nitrogen functional groups attached to an aromatic ring is 1. The Bertz CT molecular complexity index is 2320. The summed E-state index contributed by atoms with van der Waals surface area (Å²) in [6, 6.07) is 37.8. The van der Waals surface area contributed by atoms with Crippen LogP contribution in [0.5, 0.6) is 5.75 Å². The van der Waals surface area contributed by atoms with E-state index >= 15 is 0 Å². The number of hydrogen-bond donors (Lipinski definition) is 5. The van der Waals surface area contributed by atoms with Crippen molar-refractivity contribution in [3.63, 3.8) is 0 Å². The van der Waals surface area contributed by atoms with E-state index in [2.05, 4.69) is 38.3 Å². The summed E-state index contributed by atoms with van der Waals surface area (Å²) in [7, 11) is 0. The number of tetrazole rings is 1. The van der Waals surface area contributed by atoms with Gasteiger partial charge in [0.25, 0.3) is 0 Å². The fourth-order valence-electron chi connectivity index (χ4n) is 6.80. The van der Waals surface area contributed by atoms with E-state index in [1.165, 1.54) is 11.8 Å². The average Bonchev–Trinajstić information content (AvgIpc) is 3.75. The van der Waals surface area contributed by atoms with Gasteiger partial charge in [0.05, 0.1) is 35.9 Å². The van der Waals surface area contributed by atoms with Gasteiger partial charge in [-0.1, -0.05) is 91.0 Å². The first-order chi connectivity index (χ1) is 28.8. The molecule has 6 N–H and O–H groups in total. The van der Waals surface area contributed by atoms with E-state index in [0.717, 1.165) is 45.5 Å². The summed E-state index contributed by atoms with van der Waals surface area (Å²) >= 11 is 1.48. The zero-order valence-corrected chi connectivity index (χ0v) is 33.3. The molecule has 13 nitrogen and oxygen atoms in total. The molecular weight excluding hydrogens is 767 g/mol. The van der Waals surface area contributed by atoms with E-state index in [-0.39, 0.29) is 36.4 Å². The van der Waals surface area contributed by atoms with Crippen LogP contribution < -0.4 is 16.4 Å². The van der Waals surface area contributed by atoms with E-state index in [0.29, 0.717) is 60.9 Å². The van der Waals surface area contributed by atoms with Gasteiger partial charge in [-0.2, -0.15) is 4.68 Å². The van der Waals surface area contributed by atoms with Gasteiger partial charge in [0.15, 0.2) is 6.29 Å². The molecule has 3 unspecified atom stereocenters. The molecule has 0 saturated carbocycles. The number of thioether (sulfide) groups is 1. The Balaban J connectivity index is 0.956. The minimum absolute atomic E-state index is 0.0318. The predicted molar refractivity (Wildman–Crippen MR) is 226 cm³/mol. The number of carbonyl (C=O) groups excluding carboxylic acids is 2. The van der Waals surface area contributed by atoms with Gasteiger partial charge in [0.2, 0.25) is 17.0 Å². The molecule has 2 heterocycles. The Labute approximate surface area is 347 Å². The third kappa shape index (κ3) is 11.3. The lowest BCUT2D eigenvalue weighted by atomic mass is 9.99. The highest BCUT2D eigenvalue weighted by atomic mass is 32.2. The number of nitrogens with one attached hydrogen (secondary N) is 2. The molecule has 0 bridgehead atoms. The van der Waals surface area contributed by atoms with Gasteiger partial charge in [-0.15, -0.1) is 5.10 Å². The first kappa shape index (κ1) is 41.1. The van der Waals surface area contributed by atoms with Crippen molar-refractivity contribution in [3.05, 3.63) is 144 Å². The highest BCUT2D eigenvalue weighted by Crippen LogP contribution is 2.40. The summed E-state index contributed by atoms with van der Waals surface area (Å²) in [5.41, 5.74) is 13.4. The summed E-state index contributed by atoms with van der Waals surface area (Å²) in [6.07, 6.45) is 2.34. The van der Waals surface area contributed by atoms with Crippen molar-refractivity contribution in [1.82, 2.24) is 25.5 Å². The minimum Gasteiger partial charge on any atom is -0.508 e. The number of anilines is 2. The number of carbonyl (C=O) groups is 2. The summed E-state index contributed by atoms with van der Waals surface area (Å²) in [6.45, 7) is 0.358. The SMILES string of the molecule is Nc1ccccc1NC(=O)CCCCCC(=O)NCc1cccc(-c2cccc(C3OC(CSc4nnnn4-c4ccc(O)cc4)CC(c4ccc(CO)cc4)O3)c2)c1. The van der Waals surface area contributed by atoms with Crippen molar-refractivity contribution in [1.29, 1.82) is 0 Å². The lowest BCUT2D eigenvalue weighted by Crippen LogP contribution is -2.31. The second-order valence-electron chi connectivity index (χ2n) is 14.3. The molecule has 6 aromatic rings. The van der Waals surface area contributed by atoms with E-state index in [9.17, 15) is 19.8 Å². The van der Waals surface area contributed by atoms with E-state index < -0.39 is 6.29 Å². The molecule has 0 radical (unpaired) electrons. The maximum atomic E-state index is 12.7. The van der Waals surface area contributed by atoms with Crippen LogP contribution in [0.25, 0.3) is 16.8 Å². The van der Waals surface area contributed by atoms with Crippen molar-refractivity contribution in [2.24, 2.45) is 0 Å². The van der Waals surface area contributed by atoms with Crippen LogP contribution in [-0.4, -0.2) is 54.1 Å². The van der Waals surface area contributed by atoms with Gasteiger partial charge in [-0.05, 0) is 99.6 Å². The number of hydrogen-bond acceptors (Lipinski definition) is 11. The molecule has 0 spiro atoms. The fraction of sp³-hybridized carbons (Fsp3) is 0.267. The number of aliphatic hydroxyl groups is 1. The third-order valence-electron chi connectivity index (χ3n) is 10.00. The van der Waals surface area contributed by atoms with Crippen LogP contribution in [-0.2, 0) is 32.2 Å². The van der Waals surface area contributed by atoms with Crippen molar-refractivity contribution < 1.29 is 29.3 Å². The highest BCUT2D eigenvalue weighted by molar-refractivity contribution is 7.99. The van der Waals surface area contributed by atoms with E-state index in [4.69, 9.17) is 15.2 Å². The van der Waals surface area contributed by atoms with Crippen LogP contribution >= 0.6 is 11.8 Å². The number of aromatic nitrogens is 4. The Morgan fingerprint density at radius 1 is 0.797 bits per heavy atom. The van der Waals surface area contributed by atoms with Crippen LogP contribution in [0.3, 0.4) is 0 Å². The first-order valence-electron chi connectivity index (χ1n) is 19.6. The number of nitrogens with two attached hydrogens (primary N) is 1. The molecule has 3 atom stereocenters. The molecule has 1 saturated heterocycles. The van der Waals surface area contributed by atoms with Gasteiger partial charge >= 0.3 is 0 Å². The van der Waals surface area contributed by atoms with Crippen molar-refractivity contribution >= 4 is 35.0 Å². The number of nitrogens with zero attached hydrogens (tertiary/aromatic N) is 4. The highest BCUT2D eigenvalue weighted by Gasteiger charge is 2.33. The zero-order chi connectivity index (χ0) is 41.0. The molecule has 304 valence electrons. The van der Waals surface area contributed by atoms with Crippen molar-refractivity contribution in [3.8, 4) is 22.6 Å². The summed E-state index contributed by atoms with van der Waals surface area (Å²) in [5, 5.41) is 38.1. The maximum absolute atomic E-state index is 12.7. The molecule has 2 amide bonds. The molecule has 59 heavy (non-hydrogen) atoms. The number of aromatic hydroxyl groups is 1. The summed E-state index contributed by atoms with van der Waals surface area (Å²) in [5.74, 6) is 0.592. The quantitative estimate of drug-likeness (QED) is 0.0346. The normalized spacial score (nSPS) is 16.4. The molecule has 1 aliphatic rings. The monoisotopic (exact) mass is 813 g/mol. The maximum Gasteiger partial charge on any atom is 0.224 e. The van der Waals surface area contributed by atoms with Crippen molar-refractivity contribution in [2.45, 2.75) is 75.3 Å². The second kappa shape index (κ2) is 20.1. The number of para-hydroxylation sites is 2. The Morgan fingerprint density at radius 3 is 2.32 bits per heavy atom. The van der Waals surface area contributed by atoms with Crippen LogP contribution in [0, 0.1) is 0 Å². The molecule has 1 aliphatic heterocycles. The van der Waals surface area contributed by atoms with Crippen LogP contribution in [0.4, 0.5) is 11.4 Å². The number of aliphatic hydroxyl groups excluding tert-OH is 1. The standard InChI is InChI=1S/C45H47N7O6S/c46-39-12-4-5-13-40(39)48-43(56)15-3-1-2-14-42(55)47-27-31-8-6-9-33(24-31)34-10-7-11-35(25-34)44-57-38(26-41(58-44)32-18-16-30(28-53)17-19-32)29-59-45-49-50-51-52(45)36-20-22-37(54)23-21-36/h4-13,16-25,38,41,44,53-54H,1-3,14-15,26-29,46H2,(H,47,55)(H,48,56). The van der Waals surface area contributed by atoms with Gasteiger partial charge in [0.1, 0.15) is 5.75 Å². The van der Waals surface area contributed by atoms with Crippen molar-refractivity contribution in [2.75, 3.05) is 16.8 Å². The summed E-state index contributed by atoms with van der Waals surface area (Å²) in [4.78, 5) is 25.0. The van der Waals surface area contributed by atoms with E-state index in [1.807, 2.05) is 72.8 Å². The first-order valence-corrected chi connectivity index (χ1v) is 20.6. The smallest absolute Gasteiger partial charge is 0.224 e.